The van der Waals surface area contributed by atoms with Crippen LogP contribution in [0, 0.1) is 0 Å². The van der Waals surface area contributed by atoms with Gasteiger partial charge in [-0.2, -0.15) is 5.10 Å². The summed E-state index contributed by atoms with van der Waals surface area (Å²) in [7, 11) is 1.87. The summed E-state index contributed by atoms with van der Waals surface area (Å²) in [6.45, 7) is 1.06. The van der Waals surface area contributed by atoms with Crippen molar-refractivity contribution in [1.82, 2.24) is 15.1 Å². The Morgan fingerprint density at radius 3 is 3.20 bits per heavy atom. The molecule has 0 saturated carbocycles. The second-order valence-electron chi connectivity index (χ2n) is 4.19. The molecule has 82 valence electrons. The van der Waals surface area contributed by atoms with Gasteiger partial charge in [-0.3, -0.25) is 9.48 Å². The molecule has 1 fully saturated rings. The first-order valence-corrected chi connectivity index (χ1v) is 5.47. The summed E-state index contributed by atoms with van der Waals surface area (Å²) in [5.41, 5.74) is 0.875. The fourth-order valence-corrected chi connectivity index (χ4v) is 2.04. The minimum Gasteiger partial charge on any atom is -0.314 e. The van der Waals surface area contributed by atoms with Crippen LogP contribution in [0.3, 0.4) is 0 Å². The van der Waals surface area contributed by atoms with Crippen molar-refractivity contribution >= 4 is 5.78 Å². The summed E-state index contributed by atoms with van der Waals surface area (Å²) >= 11 is 0. The minimum absolute atomic E-state index is 0.285. The number of nitrogens with zero attached hydrogens (tertiary/aromatic N) is 2. The molecule has 2 heterocycles. The third-order valence-corrected chi connectivity index (χ3v) is 2.78. The lowest BCUT2D eigenvalue weighted by Gasteiger charge is -2.07. The topological polar surface area (TPSA) is 46.9 Å². The molecule has 0 amide bonds. The molecule has 1 atom stereocenters. The molecule has 1 aliphatic heterocycles. The Kier molecular flexibility index (Phi) is 3.16. The molecule has 1 aliphatic rings. The Labute approximate surface area is 89.7 Å². The lowest BCUT2D eigenvalue weighted by Crippen LogP contribution is -2.25. The number of hydrogen-bond donors (Lipinski definition) is 1. The zero-order valence-electron chi connectivity index (χ0n) is 9.07. The molecule has 0 bridgehead atoms. The SMILES string of the molecule is Cn1ccc(CC(=O)CC2CCCN2)n1. The van der Waals surface area contributed by atoms with Crippen molar-refractivity contribution < 1.29 is 4.79 Å². The van der Waals surface area contributed by atoms with Crippen LogP contribution in [0.4, 0.5) is 0 Å². The van der Waals surface area contributed by atoms with E-state index < -0.39 is 0 Å². The molecule has 1 unspecified atom stereocenters. The molecule has 0 spiro atoms. The Balaban J connectivity index is 1.81. The summed E-state index contributed by atoms with van der Waals surface area (Å²) in [5, 5.41) is 7.53. The van der Waals surface area contributed by atoms with Gasteiger partial charge in [0.25, 0.3) is 0 Å². The van der Waals surface area contributed by atoms with Crippen molar-refractivity contribution in [2.75, 3.05) is 6.54 Å². The first-order valence-electron chi connectivity index (χ1n) is 5.47. The summed E-state index contributed by atoms with van der Waals surface area (Å²) in [5.74, 6) is 0.285. The molecule has 4 nitrogen and oxygen atoms in total. The fourth-order valence-electron chi connectivity index (χ4n) is 2.04. The highest BCUT2D eigenvalue weighted by molar-refractivity contribution is 5.81. The molecule has 0 aliphatic carbocycles. The average molecular weight is 207 g/mol. The van der Waals surface area contributed by atoms with Gasteiger partial charge in [-0.25, -0.2) is 0 Å². The molecule has 1 aromatic rings. The van der Waals surface area contributed by atoms with E-state index in [2.05, 4.69) is 10.4 Å². The number of ketones is 1. The molecular formula is C11H17N3O. The average Bonchev–Trinajstić information content (AvgIpc) is 2.77. The summed E-state index contributed by atoms with van der Waals surface area (Å²) in [4.78, 5) is 11.7. The van der Waals surface area contributed by atoms with Gasteiger partial charge in [-0.1, -0.05) is 0 Å². The largest absolute Gasteiger partial charge is 0.314 e. The maximum atomic E-state index is 11.7. The maximum Gasteiger partial charge on any atom is 0.140 e. The number of carbonyl (C=O) groups excluding carboxylic acids is 1. The highest BCUT2D eigenvalue weighted by atomic mass is 16.1. The molecule has 1 saturated heterocycles. The summed E-state index contributed by atoms with van der Waals surface area (Å²) in [6, 6.07) is 2.31. The van der Waals surface area contributed by atoms with E-state index in [1.807, 2.05) is 19.3 Å². The van der Waals surface area contributed by atoms with E-state index in [9.17, 15) is 4.79 Å². The Hall–Kier alpha value is -1.16. The zero-order chi connectivity index (χ0) is 10.7. The van der Waals surface area contributed by atoms with Gasteiger partial charge in [0.1, 0.15) is 5.78 Å². The van der Waals surface area contributed by atoms with Crippen LogP contribution >= 0.6 is 0 Å². The van der Waals surface area contributed by atoms with Crippen LogP contribution in [0.1, 0.15) is 25.0 Å². The van der Waals surface area contributed by atoms with Crippen LogP contribution in [-0.2, 0) is 18.3 Å². The van der Waals surface area contributed by atoms with Crippen molar-refractivity contribution in [3.8, 4) is 0 Å². The Bertz CT molecular complexity index is 339. The van der Waals surface area contributed by atoms with Crippen molar-refractivity contribution in [2.45, 2.75) is 31.7 Å². The number of nitrogens with one attached hydrogen (secondary N) is 1. The van der Waals surface area contributed by atoms with Crippen molar-refractivity contribution in [1.29, 1.82) is 0 Å². The number of rotatable bonds is 4. The van der Waals surface area contributed by atoms with Crippen LogP contribution in [0.5, 0.6) is 0 Å². The van der Waals surface area contributed by atoms with Gasteiger partial charge in [0, 0.05) is 25.7 Å². The molecule has 0 aromatic carbocycles. The molecule has 15 heavy (non-hydrogen) atoms. The number of aromatic nitrogens is 2. The second kappa shape index (κ2) is 4.57. The normalized spacial score (nSPS) is 20.7. The predicted molar refractivity (Wildman–Crippen MR) is 57.6 cm³/mol. The van der Waals surface area contributed by atoms with Crippen LogP contribution < -0.4 is 5.32 Å². The molecule has 2 rings (SSSR count). The number of aryl methyl sites for hydroxylation is 1. The van der Waals surface area contributed by atoms with E-state index in [1.54, 1.807) is 4.68 Å². The van der Waals surface area contributed by atoms with E-state index in [0.717, 1.165) is 18.7 Å². The van der Waals surface area contributed by atoms with E-state index in [0.29, 0.717) is 18.9 Å². The fraction of sp³-hybridized carbons (Fsp3) is 0.636. The Morgan fingerprint density at radius 2 is 2.60 bits per heavy atom. The van der Waals surface area contributed by atoms with Crippen molar-refractivity contribution in [2.24, 2.45) is 7.05 Å². The first kappa shape index (κ1) is 10.4. The van der Waals surface area contributed by atoms with E-state index in [-0.39, 0.29) is 5.78 Å². The molecule has 0 radical (unpaired) electrons. The molecule has 4 heteroatoms. The van der Waals surface area contributed by atoms with Gasteiger partial charge < -0.3 is 5.32 Å². The van der Waals surface area contributed by atoms with E-state index in [4.69, 9.17) is 0 Å². The third kappa shape index (κ3) is 2.89. The van der Waals surface area contributed by atoms with E-state index >= 15 is 0 Å². The van der Waals surface area contributed by atoms with Gasteiger partial charge in [0.05, 0.1) is 12.1 Å². The van der Waals surface area contributed by atoms with Crippen LogP contribution in [-0.4, -0.2) is 28.2 Å². The van der Waals surface area contributed by atoms with Gasteiger partial charge in [-0.05, 0) is 25.5 Å². The molecular weight excluding hydrogens is 190 g/mol. The van der Waals surface area contributed by atoms with E-state index in [1.165, 1.54) is 6.42 Å². The van der Waals surface area contributed by atoms with Gasteiger partial charge >= 0.3 is 0 Å². The number of Topliss-reactive ketones (excluding diaryl/α,β-unsaturated/α-hetero) is 1. The monoisotopic (exact) mass is 207 g/mol. The summed E-state index contributed by atoms with van der Waals surface area (Å²) in [6.07, 6.45) is 5.32. The third-order valence-electron chi connectivity index (χ3n) is 2.78. The highest BCUT2D eigenvalue weighted by Gasteiger charge is 2.18. The molecule has 1 N–H and O–H groups in total. The van der Waals surface area contributed by atoms with Gasteiger partial charge in [0.15, 0.2) is 0 Å². The van der Waals surface area contributed by atoms with Crippen LogP contribution in [0.2, 0.25) is 0 Å². The predicted octanol–water partition coefficient (Wildman–Crippen LogP) is 0.674. The lowest BCUT2D eigenvalue weighted by molar-refractivity contribution is -0.118. The smallest absolute Gasteiger partial charge is 0.140 e. The van der Waals surface area contributed by atoms with Crippen LogP contribution in [0.15, 0.2) is 12.3 Å². The second-order valence-corrected chi connectivity index (χ2v) is 4.19. The van der Waals surface area contributed by atoms with Gasteiger partial charge in [0.2, 0.25) is 0 Å². The lowest BCUT2D eigenvalue weighted by atomic mass is 10.1. The first-order chi connectivity index (χ1) is 7.24. The molecule has 1 aromatic heterocycles. The minimum atomic E-state index is 0.285. The number of carbonyl (C=O) groups is 1. The highest BCUT2D eigenvalue weighted by Crippen LogP contribution is 2.10. The zero-order valence-corrected chi connectivity index (χ0v) is 9.07. The quantitative estimate of drug-likeness (QED) is 0.789. The Morgan fingerprint density at radius 1 is 1.73 bits per heavy atom. The van der Waals surface area contributed by atoms with Gasteiger partial charge in [-0.15, -0.1) is 0 Å². The van der Waals surface area contributed by atoms with Crippen molar-refractivity contribution in [3.63, 3.8) is 0 Å². The number of hydrogen-bond acceptors (Lipinski definition) is 3. The summed E-state index contributed by atoms with van der Waals surface area (Å²) < 4.78 is 1.73. The van der Waals surface area contributed by atoms with Crippen molar-refractivity contribution in [3.05, 3.63) is 18.0 Å². The standard InChI is InChI=1S/C11H17N3O/c1-14-6-4-10(13-14)8-11(15)7-9-3-2-5-12-9/h4,6,9,12H,2-3,5,7-8H2,1H3. The van der Waals surface area contributed by atoms with Crippen LogP contribution in [0.25, 0.3) is 0 Å². The maximum absolute atomic E-state index is 11.7.